The molecule has 1 aliphatic carbocycles. The lowest BCUT2D eigenvalue weighted by atomic mass is 9.90. The number of halogens is 4. The van der Waals surface area contributed by atoms with Crippen molar-refractivity contribution in [2.24, 2.45) is 0 Å². The Morgan fingerprint density at radius 3 is 2.67 bits per heavy atom. The third-order valence-electron chi connectivity index (χ3n) is 6.08. The second kappa shape index (κ2) is 8.37. The van der Waals surface area contributed by atoms with Gasteiger partial charge >= 0.3 is 6.18 Å². The zero-order valence-corrected chi connectivity index (χ0v) is 18.6. The number of aromatic nitrogens is 4. The highest BCUT2D eigenvalue weighted by Crippen LogP contribution is 2.35. The maximum atomic E-state index is 13.4. The van der Waals surface area contributed by atoms with Crippen LogP contribution in [0.15, 0.2) is 42.9 Å². The number of hydrogen-bond acceptors (Lipinski definition) is 5. The number of fused-ring (bicyclic) bond motifs is 2. The van der Waals surface area contributed by atoms with Crippen LogP contribution in [0, 0.1) is 6.92 Å². The van der Waals surface area contributed by atoms with Crippen molar-refractivity contribution < 1.29 is 13.2 Å². The second-order valence-electron chi connectivity index (χ2n) is 8.40. The minimum absolute atomic E-state index is 0.00621. The summed E-state index contributed by atoms with van der Waals surface area (Å²) in [6.45, 7) is 1.93. The molecule has 0 bridgehead atoms. The van der Waals surface area contributed by atoms with Crippen molar-refractivity contribution in [3.63, 3.8) is 0 Å². The van der Waals surface area contributed by atoms with Crippen LogP contribution in [0.2, 0.25) is 5.02 Å². The average Bonchev–Trinajstić information content (AvgIpc) is 3.15. The Balaban J connectivity index is 1.40. The molecule has 1 aromatic carbocycles. The van der Waals surface area contributed by atoms with Gasteiger partial charge in [-0.15, -0.1) is 0 Å². The van der Waals surface area contributed by atoms with E-state index in [0.29, 0.717) is 16.1 Å². The first-order valence-electron chi connectivity index (χ1n) is 10.8. The first-order valence-corrected chi connectivity index (χ1v) is 11.1. The van der Waals surface area contributed by atoms with Gasteiger partial charge in [0.1, 0.15) is 17.0 Å². The predicted octanol–water partition coefficient (Wildman–Crippen LogP) is 6.09. The van der Waals surface area contributed by atoms with E-state index >= 15 is 0 Å². The molecule has 0 amide bonds. The van der Waals surface area contributed by atoms with Crippen molar-refractivity contribution in [2.75, 3.05) is 10.6 Å². The second-order valence-corrected chi connectivity index (χ2v) is 8.84. The highest BCUT2D eigenvalue weighted by atomic mass is 35.5. The number of nitrogens with one attached hydrogen (secondary N) is 2. The van der Waals surface area contributed by atoms with Crippen LogP contribution in [-0.2, 0) is 6.18 Å². The Morgan fingerprint density at radius 2 is 1.88 bits per heavy atom. The van der Waals surface area contributed by atoms with Crippen LogP contribution in [0.3, 0.4) is 0 Å². The van der Waals surface area contributed by atoms with Crippen LogP contribution in [-0.4, -0.2) is 31.4 Å². The lowest BCUT2D eigenvalue weighted by Gasteiger charge is -2.32. The number of aryl methyl sites for hydroxylation is 1. The molecule has 172 valence electrons. The highest BCUT2D eigenvalue weighted by molar-refractivity contribution is 6.31. The molecule has 4 aromatic rings. The van der Waals surface area contributed by atoms with Crippen molar-refractivity contribution in [1.29, 1.82) is 0 Å². The van der Waals surface area contributed by atoms with Gasteiger partial charge in [-0.25, -0.2) is 15.0 Å². The van der Waals surface area contributed by atoms with E-state index in [1.165, 1.54) is 6.07 Å². The van der Waals surface area contributed by atoms with E-state index in [2.05, 4.69) is 25.6 Å². The number of anilines is 2. The minimum atomic E-state index is -4.53. The maximum absolute atomic E-state index is 13.4. The number of benzene rings is 1. The quantitative estimate of drug-likeness (QED) is 0.374. The smallest absolute Gasteiger partial charge is 0.382 e. The number of imidazole rings is 1. The Kier molecular flexibility index (Phi) is 5.52. The fraction of sp³-hybridized carbons (Fsp3) is 0.348. The average molecular weight is 475 g/mol. The van der Waals surface area contributed by atoms with Gasteiger partial charge in [0, 0.05) is 40.6 Å². The van der Waals surface area contributed by atoms with Crippen LogP contribution in [0.1, 0.15) is 37.2 Å². The SMILES string of the molecule is Cc1ncc2c(N[C@@H]3CCC[C@H](Nc4cc(C(F)(F)F)nc5ccc(Cl)cc45)C3)nccn12. The summed E-state index contributed by atoms with van der Waals surface area (Å²) in [5.41, 5.74) is 0.633. The van der Waals surface area contributed by atoms with Crippen molar-refractivity contribution in [1.82, 2.24) is 19.4 Å². The van der Waals surface area contributed by atoms with E-state index in [1.54, 1.807) is 24.5 Å². The molecule has 3 heterocycles. The van der Waals surface area contributed by atoms with E-state index in [4.69, 9.17) is 11.6 Å². The molecular formula is C23H22ClF3N6. The van der Waals surface area contributed by atoms with Gasteiger partial charge in [0.15, 0.2) is 5.82 Å². The number of rotatable bonds is 4. The van der Waals surface area contributed by atoms with Gasteiger partial charge < -0.3 is 10.6 Å². The third-order valence-corrected chi connectivity index (χ3v) is 6.31. The molecule has 0 spiro atoms. The molecule has 6 nitrogen and oxygen atoms in total. The van der Waals surface area contributed by atoms with Crippen LogP contribution in [0.5, 0.6) is 0 Å². The molecule has 1 fully saturated rings. The molecule has 2 atom stereocenters. The molecule has 0 saturated heterocycles. The molecule has 1 saturated carbocycles. The van der Waals surface area contributed by atoms with Gasteiger partial charge in [0.2, 0.25) is 0 Å². The van der Waals surface area contributed by atoms with E-state index in [1.807, 2.05) is 17.5 Å². The van der Waals surface area contributed by atoms with Gasteiger partial charge in [-0.1, -0.05) is 11.6 Å². The van der Waals surface area contributed by atoms with Crippen LogP contribution in [0.4, 0.5) is 24.7 Å². The van der Waals surface area contributed by atoms with Gasteiger partial charge in [0.25, 0.3) is 0 Å². The highest BCUT2D eigenvalue weighted by Gasteiger charge is 2.34. The van der Waals surface area contributed by atoms with E-state index < -0.39 is 11.9 Å². The van der Waals surface area contributed by atoms with Crippen LogP contribution < -0.4 is 10.6 Å². The lowest BCUT2D eigenvalue weighted by molar-refractivity contribution is -0.140. The number of nitrogens with zero attached hydrogens (tertiary/aromatic N) is 4. The van der Waals surface area contributed by atoms with Crippen LogP contribution in [0.25, 0.3) is 16.4 Å². The molecular weight excluding hydrogens is 453 g/mol. The van der Waals surface area contributed by atoms with Crippen molar-refractivity contribution in [3.8, 4) is 0 Å². The Hall–Kier alpha value is -3.07. The fourth-order valence-corrected chi connectivity index (χ4v) is 4.67. The lowest BCUT2D eigenvalue weighted by Crippen LogP contribution is -2.34. The van der Waals surface area contributed by atoms with E-state index in [0.717, 1.165) is 48.9 Å². The Bertz CT molecular complexity index is 1320. The van der Waals surface area contributed by atoms with Gasteiger partial charge in [0.05, 0.1) is 11.7 Å². The summed E-state index contributed by atoms with van der Waals surface area (Å²) < 4.78 is 42.3. The van der Waals surface area contributed by atoms with Crippen molar-refractivity contribution in [3.05, 3.63) is 59.4 Å². The molecule has 2 N–H and O–H groups in total. The molecule has 1 aliphatic rings. The monoisotopic (exact) mass is 474 g/mol. The largest absolute Gasteiger partial charge is 0.433 e. The number of pyridine rings is 1. The van der Waals surface area contributed by atoms with Crippen LogP contribution >= 0.6 is 11.6 Å². The number of alkyl halides is 3. The van der Waals surface area contributed by atoms with E-state index in [9.17, 15) is 13.2 Å². The molecule has 0 radical (unpaired) electrons. The molecule has 10 heteroatoms. The van der Waals surface area contributed by atoms with Gasteiger partial charge in [-0.2, -0.15) is 13.2 Å². The van der Waals surface area contributed by atoms with Gasteiger partial charge in [-0.05, 0) is 56.9 Å². The van der Waals surface area contributed by atoms with E-state index in [-0.39, 0.29) is 17.6 Å². The molecule has 3 aromatic heterocycles. The number of hydrogen-bond donors (Lipinski definition) is 2. The minimum Gasteiger partial charge on any atom is -0.382 e. The normalized spacial score (nSPS) is 19.2. The Labute approximate surface area is 193 Å². The summed E-state index contributed by atoms with van der Waals surface area (Å²) in [4.78, 5) is 12.6. The summed E-state index contributed by atoms with van der Waals surface area (Å²) in [5, 5.41) is 7.88. The Morgan fingerprint density at radius 1 is 1.09 bits per heavy atom. The zero-order valence-electron chi connectivity index (χ0n) is 17.8. The third kappa shape index (κ3) is 4.42. The summed E-state index contributed by atoms with van der Waals surface area (Å²) in [6.07, 6.45) is 4.33. The summed E-state index contributed by atoms with van der Waals surface area (Å²) >= 11 is 6.12. The molecule has 5 rings (SSSR count). The fourth-order valence-electron chi connectivity index (χ4n) is 4.50. The van der Waals surface area contributed by atoms with Gasteiger partial charge in [-0.3, -0.25) is 4.40 Å². The summed E-state index contributed by atoms with van der Waals surface area (Å²) in [5.74, 6) is 1.63. The summed E-state index contributed by atoms with van der Waals surface area (Å²) in [7, 11) is 0. The molecule has 0 unspecified atom stereocenters. The van der Waals surface area contributed by atoms with Crippen molar-refractivity contribution >= 4 is 39.5 Å². The standard InChI is InChI=1S/C23H22ClF3N6/c1-13-29-12-20-22(28-7-8-33(13)20)31-16-4-2-3-15(10-16)30-19-11-21(23(25,26)27)32-18-6-5-14(24)9-17(18)19/h5-9,11-12,15-16H,2-4,10H2,1H3,(H,28,31)(H,30,32)/t15-,16+/m0/s1. The first-order chi connectivity index (χ1) is 15.8. The topological polar surface area (TPSA) is 67.1 Å². The van der Waals surface area contributed by atoms with Crippen molar-refractivity contribution in [2.45, 2.75) is 50.9 Å². The predicted molar refractivity (Wildman–Crippen MR) is 123 cm³/mol. The summed E-state index contributed by atoms with van der Waals surface area (Å²) in [6, 6.07) is 5.91. The maximum Gasteiger partial charge on any atom is 0.433 e. The molecule has 0 aliphatic heterocycles. The first kappa shape index (κ1) is 21.8. The zero-order chi connectivity index (χ0) is 23.2. The molecule has 33 heavy (non-hydrogen) atoms.